The standard InChI is InChI=1S/C20H20F4N4O3S/c1-11-6-12(19-13(21)4-3-5-25-19)18(14(22)7-11)15-8-17(26-31-15)28-9-16(20(23,24)10-28)27-32(2,29)30/h3-7,15-16,27H,8-10H2,1-2H3/t15?,16-/m1/s1. The van der Waals surface area contributed by atoms with Crippen LogP contribution >= 0.6 is 0 Å². The van der Waals surface area contributed by atoms with Crippen LogP contribution in [0.4, 0.5) is 17.6 Å². The number of aromatic nitrogens is 1. The monoisotopic (exact) mass is 472 g/mol. The van der Waals surface area contributed by atoms with Gasteiger partial charge in [-0.05, 0) is 36.8 Å². The lowest BCUT2D eigenvalue weighted by atomic mass is 9.94. The van der Waals surface area contributed by atoms with Crippen LogP contribution in [0, 0.1) is 18.6 Å². The Kier molecular flexibility index (Phi) is 5.61. The predicted octanol–water partition coefficient (Wildman–Crippen LogP) is 2.98. The van der Waals surface area contributed by atoms with Crippen molar-refractivity contribution in [1.29, 1.82) is 0 Å². The highest BCUT2D eigenvalue weighted by molar-refractivity contribution is 7.88. The second-order valence-corrected chi connectivity index (χ2v) is 9.71. The molecule has 1 aromatic carbocycles. The van der Waals surface area contributed by atoms with Gasteiger partial charge in [0.25, 0.3) is 5.92 Å². The molecule has 0 spiro atoms. The second kappa shape index (κ2) is 8.00. The number of likely N-dealkylation sites (tertiary alicyclic amines) is 1. The summed E-state index contributed by atoms with van der Waals surface area (Å²) < 4.78 is 82.8. The number of hydrogen-bond donors (Lipinski definition) is 1. The molecule has 12 heteroatoms. The van der Waals surface area contributed by atoms with Crippen LogP contribution in [-0.2, 0) is 14.9 Å². The number of aryl methyl sites for hydroxylation is 1. The predicted molar refractivity (Wildman–Crippen MR) is 108 cm³/mol. The van der Waals surface area contributed by atoms with Crippen LogP contribution in [-0.4, -0.2) is 55.4 Å². The molecule has 0 bridgehead atoms. The van der Waals surface area contributed by atoms with E-state index in [4.69, 9.17) is 4.84 Å². The smallest absolute Gasteiger partial charge is 0.282 e. The van der Waals surface area contributed by atoms with Gasteiger partial charge >= 0.3 is 0 Å². The van der Waals surface area contributed by atoms with E-state index in [0.29, 0.717) is 5.56 Å². The van der Waals surface area contributed by atoms with Crippen molar-refractivity contribution in [3.05, 3.63) is 53.2 Å². The van der Waals surface area contributed by atoms with Crippen LogP contribution in [0.1, 0.15) is 23.7 Å². The van der Waals surface area contributed by atoms with E-state index in [2.05, 4.69) is 10.1 Å². The van der Waals surface area contributed by atoms with E-state index >= 15 is 0 Å². The Labute approximate surface area is 182 Å². The van der Waals surface area contributed by atoms with Gasteiger partial charge in [0.1, 0.15) is 29.2 Å². The quantitative estimate of drug-likeness (QED) is 0.692. The fourth-order valence-corrected chi connectivity index (χ4v) is 4.69. The van der Waals surface area contributed by atoms with Crippen molar-refractivity contribution in [3.63, 3.8) is 0 Å². The Morgan fingerprint density at radius 2 is 2.00 bits per heavy atom. The Morgan fingerprint density at radius 1 is 1.25 bits per heavy atom. The molecular weight excluding hydrogens is 452 g/mol. The molecule has 1 unspecified atom stereocenters. The van der Waals surface area contributed by atoms with Gasteiger partial charge in [0.15, 0.2) is 6.10 Å². The van der Waals surface area contributed by atoms with E-state index in [1.807, 2.05) is 4.72 Å². The molecule has 1 fully saturated rings. The lowest BCUT2D eigenvalue weighted by molar-refractivity contribution is -0.00123. The number of amidine groups is 1. The highest BCUT2D eigenvalue weighted by Gasteiger charge is 2.51. The molecule has 172 valence electrons. The molecule has 3 heterocycles. The number of hydrogen-bond acceptors (Lipinski definition) is 6. The number of sulfonamides is 1. The van der Waals surface area contributed by atoms with Gasteiger partial charge in [0.05, 0.1) is 19.2 Å². The third-order valence-electron chi connectivity index (χ3n) is 5.30. The minimum Gasteiger partial charge on any atom is -0.386 e. The summed E-state index contributed by atoms with van der Waals surface area (Å²) in [6.45, 7) is 0.552. The number of pyridine rings is 1. The zero-order valence-electron chi connectivity index (χ0n) is 17.1. The Hall–Kier alpha value is -2.73. The summed E-state index contributed by atoms with van der Waals surface area (Å²) in [7, 11) is -3.85. The van der Waals surface area contributed by atoms with Gasteiger partial charge in [-0.25, -0.2) is 30.7 Å². The second-order valence-electron chi connectivity index (χ2n) is 7.93. The number of alkyl halides is 2. The number of oxime groups is 1. The minimum absolute atomic E-state index is 0.0173. The summed E-state index contributed by atoms with van der Waals surface area (Å²) >= 11 is 0. The first-order valence-corrected chi connectivity index (χ1v) is 11.6. The highest BCUT2D eigenvalue weighted by atomic mass is 32.2. The van der Waals surface area contributed by atoms with Crippen LogP contribution in [0.5, 0.6) is 0 Å². The van der Waals surface area contributed by atoms with Crippen molar-refractivity contribution in [2.45, 2.75) is 31.4 Å². The SMILES string of the molecule is Cc1cc(F)c(C2CC(N3C[C@@H](NS(C)(=O)=O)C(F)(F)C3)=NO2)c(-c2ncccc2F)c1. The fourth-order valence-electron chi connectivity index (χ4n) is 3.93. The van der Waals surface area contributed by atoms with Crippen molar-refractivity contribution >= 4 is 15.9 Å². The molecule has 7 nitrogen and oxygen atoms in total. The lowest BCUT2D eigenvalue weighted by Crippen LogP contribution is -2.46. The third kappa shape index (κ3) is 4.42. The lowest BCUT2D eigenvalue weighted by Gasteiger charge is -2.18. The van der Waals surface area contributed by atoms with Crippen molar-refractivity contribution in [2.24, 2.45) is 5.16 Å². The maximum Gasteiger partial charge on any atom is 0.282 e. The summed E-state index contributed by atoms with van der Waals surface area (Å²) in [5.74, 6) is -4.51. The van der Waals surface area contributed by atoms with Gasteiger partial charge in [-0.2, -0.15) is 0 Å². The summed E-state index contributed by atoms with van der Waals surface area (Å²) in [6.07, 6.45) is 1.14. The molecule has 0 saturated carbocycles. The van der Waals surface area contributed by atoms with E-state index < -0.39 is 46.3 Å². The molecule has 1 aromatic heterocycles. The van der Waals surface area contributed by atoms with E-state index in [-0.39, 0.29) is 35.6 Å². The summed E-state index contributed by atoms with van der Waals surface area (Å²) in [5, 5.41) is 3.84. The maximum absolute atomic E-state index is 15.0. The van der Waals surface area contributed by atoms with E-state index in [1.54, 1.807) is 13.0 Å². The summed E-state index contributed by atoms with van der Waals surface area (Å²) in [5.41, 5.74) is 0.681. The van der Waals surface area contributed by atoms with Gasteiger partial charge in [-0.1, -0.05) is 5.16 Å². The largest absolute Gasteiger partial charge is 0.386 e. The summed E-state index contributed by atoms with van der Waals surface area (Å²) in [4.78, 5) is 10.6. The van der Waals surface area contributed by atoms with E-state index in [0.717, 1.165) is 6.26 Å². The molecule has 32 heavy (non-hydrogen) atoms. The Balaban J connectivity index is 1.60. The maximum atomic E-state index is 15.0. The van der Waals surface area contributed by atoms with E-state index in [9.17, 15) is 26.0 Å². The van der Waals surface area contributed by atoms with Gasteiger partial charge < -0.3 is 9.74 Å². The highest BCUT2D eigenvalue weighted by Crippen LogP contribution is 2.39. The van der Waals surface area contributed by atoms with Gasteiger partial charge in [0, 0.05) is 23.9 Å². The number of benzene rings is 1. The molecule has 2 atom stereocenters. The topological polar surface area (TPSA) is 83.9 Å². The van der Waals surface area contributed by atoms with Crippen molar-refractivity contribution in [2.75, 3.05) is 19.3 Å². The average molecular weight is 472 g/mol. The number of nitrogens with one attached hydrogen (secondary N) is 1. The zero-order valence-corrected chi connectivity index (χ0v) is 18.0. The van der Waals surface area contributed by atoms with Crippen LogP contribution < -0.4 is 4.72 Å². The van der Waals surface area contributed by atoms with Gasteiger partial charge in [-0.3, -0.25) is 4.98 Å². The van der Waals surface area contributed by atoms with Crippen LogP contribution in [0.3, 0.4) is 0 Å². The fraction of sp³-hybridized carbons (Fsp3) is 0.400. The van der Waals surface area contributed by atoms with Crippen LogP contribution in [0.2, 0.25) is 0 Å². The first-order chi connectivity index (χ1) is 14.9. The molecule has 2 aliphatic heterocycles. The van der Waals surface area contributed by atoms with Gasteiger partial charge in [-0.15, -0.1) is 0 Å². The minimum atomic E-state index is -3.85. The molecule has 1 saturated heterocycles. The molecule has 2 aromatic rings. The Morgan fingerprint density at radius 3 is 2.69 bits per heavy atom. The first-order valence-electron chi connectivity index (χ1n) is 9.68. The molecule has 2 aliphatic rings. The number of nitrogens with zero attached hydrogens (tertiary/aromatic N) is 3. The molecule has 4 rings (SSSR count). The molecule has 1 N–H and O–H groups in total. The van der Waals surface area contributed by atoms with E-state index in [1.165, 1.54) is 29.3 Å². The average Bonchev–Trinajstić information content (AvgIpc) is 3.25. The number of rotatable bonds is 4. The van der Waals surface area contributed by atoms with Crippen molar-refractivity contribution in [3.8, 4) is 11.3 Å². The van der Waals surface area contributed by atoms with Crippen molar-refractivity contribution in [1.82, 2.24) is 14.6 Å². The normalized spacial score (nSPS) is 22.7. The zero-order chi connectivity index (χ0) is 23.3. The van der Waals surface area contributed by atoms with Crippen molar-refractivity contribution < 1.29 is 30.8 Å². The van der Waals surface area contributed by atoms with Crippen LogP contribution in [0.25, 0.3) is 11.3 Å². The van der Waals surface area contributed by atoms with Gasteiger partial charge in [0.2, 0.25) is 10.0 Å². The summed E-state index contributed by atoms with van der Waals surface area (Å²) in [6, 6.07) is 3.81. The molecule has 0 radical (unpaired) electrons. The Bertz CT molecular complexity index is 1190. The number of halogens is 4. The molecule has 0 amide bonds. The molecule has 0 aliphatic carbocycles. The first kappa shape index (κ1) is 22.5. The van der Waals surface area contributed by atoms with Crippen LogP contribution in [0.15, 0.2) is 35.6 Å². The molecular formula is C20H20F4N4O3S. The third-order valence-corrected chi connectivity index (χ3v) is 6.01.